The fourth-order valence-electron chi connectivity index (χ4n) is 3.81. The molecule has 4 rings (SSSR count). The predicted octanol–water partition coefficient (Wildman–Crippen LogP) is 2.93. The van der Waals surface area contributed by atoms with Crippen molar-refractivity contribution in [1.29, 1.82) is 0 Å². The SMILES string of the molecule is COc1cc(CO)c(OCc2nn(-c3ccccc3)c3c2CCC3)c(CO)c1. The van der Waals surface area contributed by atoms with Crippen molar-refractivity contribution in [3.8, 4) is 17.2 Å². The van der Waals surface area contributed by atoms with E-state index in [1.807, 2.05) is 35.0 Å². The molecular formula is C22H24N2O4. The number of rotatable bonds is 7. The zero-order valence-electron chi connectivity index (χ0n) is 15.9. The second-order valence-electron chi connectivity index (χ2n) is 6.85. The highest BCUT2D eigenvalue weighted by Crippen LogP contribution is 2.32. The first kappa shape index (κ1) is 18.5. The van der Waals surface area contributed by atoms with Gasteiger partial charge in [0.15, 0.2) is 0 Å². The Kier molecular flexibility index (Phi) is 5.32. The number of hydrogen-bond acceptors (Lipinski definition) is 5. The van der Waals surface area contributed by atoms with E-state index in [2.05, 4.69) is 0 Å². The molecule has 3 aromatic rings. The molecule has 0 fully saturated rings. The summed E-state index contributed by atoms with van der Waals surface area (Å²) in [5, 5.41) is 24.3. The van der Waals surface area contributed by atoms with Gasteiger partial charge in [-0.3, -0.25) is 0 Å². The average Bonchev–Trinajstić information content (AvgIpc) is 3.35. The van der Waals surface area contributed by atoms with Crippen LogP contribution in [0, 0.1) is 0 Å². The van der Waals surface area contributed by atoms with E-state index in [1.54, 1.807) is 19.2 Å². The van der Waals surface area contributed by atoms with Gasteiger partial charge in [-0.25, -0.2) is 4.68 Å². The highest BCUT2D eigenvalue weighted by molar-refractivity contribution is 5.47. The highest BCUT2D eigenvalue weighted by Gasteiger charge is 2.24. The Morgan fingerprint density at radius 1 is 1.04 bits per heavy atom. The van der Waals surface area contributed by atoms with Gasteiger partial charge in [0.2, 0.25) is 0 Å². The molecule has 2 N–H and O–H groups in total. The monoisotopic (exact) mass is 380 g/mol. The minimum Gasteiger partial charge on any atom is -0.497 e. The van der Waals surface area contributed by atoms with Crippen molar-refractivity contribution in [1.82, 2.24) is 9.78 Å². The first-order valence-corrected chi connectivity index (χ1v) is 9.44. The summed E-state index contributed by atoms with van der Waals surface area (Å²) in [6, 6.07) is 13.6. The number of hydrogen-bond donors (Lipinski definition) is 2. The molecule has 0 bridgehead atoms. The molecule has 1 aliphatic carbocycles. The van der Waals surface area contributed by atoms with E-state index in [1.165, 1.54) is 11.3 Å². The minimum atomic E-state index is -0.198. The van der Waals surface area contributed by atoms with E-state index in [4.69, 9.17) is 14.6 Å². The molecule has 0 spiro atoms. The summed E-state index contributed by atoms with van der Waals surface area (Å²) >= 11 is 0. The second kappa shape index (κ2) is 8.04. The summed E-state index contributed by atoms with van der Waals surface area (Å²) in [5.74, 6) is 1.07. The van der Waals surface area contributed by atoms with Gasteiger partial charge in [-0.2, -0.15) is 5.10 Å². The van der Waals surface area contributed by atoms with Gasteiger partial charge in [0.05, 0.1) is 26.0 Å². The molecule has 0 unspecified atom stereocenters. The van der Waals surface area contributed by atoms with Crippen LogP contribution >= 0.6 is 0 Å². The first-order valence-electron chi connectivity index (χ1n) is 9.44. The van der Waals surface area contributed by atoms with Crippen LogP contribution in [0.25, 0.3) is 5.69 Å². The molecule has 2 aromatic carbocycles. The van der Waals surface area contributed by atoms with Gasteiger partial charge in [-0.1, -0.05) is 18.2 Å². The van der Waals surface area contributed by atoms with Crippen LogP contribution in [0.1, 0.15) is 34.5 Å². The lowest BCUT2D eigenvalue weighted by molar-refractivity contribution is 0.239. The maximum absolute atomic E-state index is 9.73. The largest absolute Gasteiger partial charge is 0.497 e. The van der Waals surface area contributed by atoms with E-state index in [0.717, 1.165) is 30.6 Å². The summed E-state index contributed by atoms with van der Waals surface area (Å²) in [6.07, 6.45) is 3.10. The standard InChI is InChI=1S/C22H24N2O4/c1-27-18-10-15(12-25)22(16(11-18)13-26)28-14-20-19-8-5-9-21(19)24(23-20)17-6-3-2-4-7-17/h2-4,6-7,10-11,25-26H,5,8-9,12-14H2,1H3. The molecule has 1 aromatic heterocycles. The fourth-order valence-corrected chi connectivity index (χ4v) is 3.81. The zero-order chi connectivity index (χ0) is 19.5. The fraction of sp³-hybridized carbons (Fsp3) is 0.318. The third-order valence-corrected chi connectivity index (χ3v) is 5.16. The number of nitrogens with zero attached hydrogens (tertiary/aromatic N) is 2. The quantitative estimate of drug-likeness (QED) is 0.659. The van der Waals surface area contributed by atoms with Crippen molar-refractivity contribution in [2.24, 2.45) is 0 Å². The van der Waals surface area contributed by atoms with Crippen molar-refractivity contribution >= 4 is 0 Å². The van der Waals surface area contributed by atoms with Gasteiger partial charge >= 0.3 is 0 Å². The molecule has 1 heterocycles. The lowest BCUT2D eigenvalue weighted by Crippen LogP contribution is -2.06. The van der Waals surface area contributed by atoms with Crippen LogP contribution in [0.2, 0.25) is 0 Å². The number of para-hydroxylation sites is 1. The van der Waals surface area contributed by atoms with E-state index in [9.17, 15) is 10.2 Å². The normalized spacial score (nSPS) is 12.8. The Morgan fingerprint density at radius 3 is 2.39 bits per heavy atom. The van der Waals surface area contributed by atoms with Crippen LogP contribution in [0.3, 0.4) is 0 Å². The smallest absolute Gasteiger partial charge is 0.132 e. The van der Waals surface area contributed by atoms with Crippen molar-refractivity contribution in [3.63, 3.8) is 0 Å². The van der Waals surface area contributed by atoms with Gasteiger partial charge in [0.1, 0.15) is 23.8 Å². The summed E-state index contributed by atoms with van der Waals surface area (Å²) in [4.78, 5) is 0. The Labute approximate surface area is 164 Å². The summed E-state index contributed by atoms with van der Waals surface area (Å²) < 4.78 is 13.3. The number of methoxy groups -OCH3 is 1. The van der Waals surface area contributed by atoms with Crippen LogP contribution in [0.5, 0.6) is 11.5 Å². The Balaban J connectivity index is 1.65. The number of ether oxygens (including phenoxy) is 2. The maximum Gasteiger partial charge on any atom is 0.132 e. The molecule has 0 amide bonds. The number of benzene rings is 2. The summed E-state index contributed by atoms with van der Waals surface area (Å²) in [5.41, 5.74) is 5.60. The average molecular weight is 380 g/mol. The van der Waals surface area contributed by atoms with E-state index >= 15 is 0 Å². The molecule has 0 atom stereocenters. The Bertz CT molecular complexity index is 941. The van der Waals surface area contributed by atoms with E-state index in [0.29, 0.717) is 22.6 Å². The summed E-state index contributed by atoms with van der Waals surface area (Å²) in [6.45, 7) is -0.110. The topological polar surface area (TPSA) is 76.7 Å². The number of aliphatic hydroxyl groups excluding tert-OH is 2. The molecule has 6 heteroatoms. The second-order valence-corrected chi connectivity index (χ2v) is 6.85. The van der Waals surface area contributed by atoms with Gasteiger partial charge < -0.3 is 19.7 Å². The lowest BCUT2D eigenvalue weighted by atomic mass is 10.1. The van der Waals surface area contributed by atoms with E-state index < -0.39 is 0 Å². The van der Waals surface area contributed by atoms with Gasteiger partial charge in [0.25, 0.3) is 0 Å². The summed E-state index contributed by atoms with van der Waals surface area (Å²) in [7, 11) is 1.55. The van der Waals surface area contributed by atoms with E-state index in [-0.39, 0.29) is 19.8 Å². The Hall–Kier alpha value is -2.83. The van der Waals surface area contributed by atoms with Crippen LogP contribution in [0.15, 0.2) is 42.5 Å². The molecule has 6 nitrogen and oxygen atoms in total. The molecule has 0 saturated heterocycles. The Morgan fingerprint density at radius 2 is 1.75 bits per heavy atom. The lowest BCUT2D eigenvalue weighted by Gasteiger charge is -2.15. The number of aromatic nitrogens is 2. The molecule has 0 radical (unpaired) electrons. The van der Waals surface area contributed by atoms with Crippen molar-refractivity contribution in [2.45, 2.75) is 39.1 Å². The van der Waals surface area contributed by atoms with Crippen molar-refractivity contribution < 1.29 is 19.7 Å². The minimum absolute atomic E-state index is 0.198. The number of aliphatic hydroxyl groups is 2. The molecular weight excluding hydrogens is 356 g/mol. The van der Waals surface area contributed by atoms with Gasteiger partial charge in [0, 0.05) is 22.4 Å². The molecule has 1 aliphatic rings. The van der Waals surface area contributed by atoms with Gasteiger partial charge in [-0.15, -0.1) is 0 Å². The molecule has 0 saturated carbocycles. The van der Waals surface area contributed by atoms with Crippen LogP contribution < -0.4 is 9.47 Å². The molecule has 146 valence electrons. The van der Waals surface area contributed by atoms with Gasteiger partial charge in [-0.05, 0) is 43.5 Å². The highest BCUT2D eigenvalue weighted by atomic mass is 16.5. The van der Waals surface area contributed by atoms with Crippen LogP contribution in [-0.2, 0) is 32.7 Å². The third-order valence-electron chi connectivity index (χ3n) is 5.16. The van der Waals surface area contributed by atoms with Crippen molar-refractivity contribution in [2.75, 3.05) is 7.11 Å². The molecule has 0 aliphatic heterocycles. The zero-order valence-corrected chi connectivity index (χ0v) is 15.9. The van der Waals surface area contributed by atoms with Crippen LogP contribution in [-0.4, -0.2) is 27.1 Å². The number of fused-ring (bicyclic) bond motifs is 1. The predicted molar refractivity (Wildman–Crippen MR) is 105 cm³/mol. The third kappa shape index (κ3) is 3.37. The van der Waals surface area contributed by atoms with Crippen molar-refractivity contribution in [3.05, 3.63) is 70.5 Å². The van der Waals surface area contributed by atoms with Crippen LogP contribution in [0.4, 0.5) is 0 Å². The molecule has 28 heavy (non-hydrogen) atoms. The first-order chi connectivity index (χ1) is 13.7. The maximum atomic E-state index is 9.73.